The van der Waals surface area contributed by atoms with Gasteiger partial charge in [-0.05, 0) is 40.2 Å². The van der Waals surface area contributed by atoms with E-state index in [4.69, 9.17) is 0 Å². The van der Waals surface area contributed by atoms with E-state index in [1.165, 1.54) is 19.3 Å². The number of nitrogens with zero attached hydrogens (tertiary/aromatic N) is 3. The fourth-order valence-corrected chi connectivity index (χ4v) is 2.36. The lowest BCUT2D eigenvalue weighted by molar-refractivity contribution is 0.624. The summed E-state index contributed by atoms with van der Waals surface area (Å²) < 4.78 is 0. The SMILES string of the molecule is CCCCCN(c1cc(C)nc(C)c1C#N)C(C)C. The summed E-state index contributed by atoms with van der Waals surface area (Å²) in [5.41, 5.74) is 3.57. The topological polar surface area (TPSA) is 39.9 Å². The second-order valence-corrected chi connectivity index (χ2v) is 5.35. The van der Waals surface area contributed by atoms with Crippen molar-refractivity contribution in [1.82, 2.24) is 4.98 Å². The van der Waals surface area contributed by atoms with Crippen molar-refractivity contribution in [3.8, 4) is 6.07 Å². The van der Waals surface area contributed by atoms with E-state index >= 15 is 0 Å². The van der Waals surface area contributed by atoms with Gasteiger partial charge >= 0.3 is 0 Å². The number of anilines is 1. The maximum atomic E-state index is 9.38. The summed E-state index contributed by atoms with van der Waals surface area (Å²) in [5.74, 6) is 0. The van der Waals surface area contributed by atoms with Gasteiger partial charge in [-0.25, -0.2) is 0 Å². The van der Waals surface area contributed by atoms with Crippen molar-refractivity contribution in [1.29, 1.82) is 5.26 Å². The molecule has 0 aliphatic rings. The van der Waals surface area contributed by atoms with Crippen LogP contribution in [0.3, 0.4) is 0 Å². The standard InChI is InChI=1S/C16H25N3/c1-6-7-8-9-19(12(2)3)16-10-13(4)18-14(5)15(16)11-17/h10,12H,6-9H2,1-5H3. The summed E-state index contributed by atoms with van der Waals surface area (Å²) in [5, 5.41) is 9.38. The monoisotopic (exact) mass is 259 g/mol. The molecule has 0 amide bonds. The Labute approximate surface area is 117 Å². The van der Waals surface area contributed by atoms with Crippen molar-refractivity contribution in [3.63, 3.8) is 0 Å². The van der Waals surface area contributed by atoms with Gasteiger partial charge in [0.15, 0.2) is 0 Å². The Kier molecular flexibility index (Phi) is 5.82. The average Bonchev–Trinajstić information content (AvgIpc) is 2.33. The molecule has 0 atom stereocenters. The first kappa shape index (κ1) is 15.5. The molecule has 104 valence electrons. The van der Waals surface area contributed by atoms with Crippen molar-refractivity contribution in [2.24, 2.45) is 0 Å². The normalized spacial score (nSPS) is 10.6. The maximum Gasteiger partial charge on any atom is 0.103 e. The molecule has 1 aromatic rings. The van der Waals surface area contributed by atoms with Gasteiger partial charge < -0.3 is 4.90 Å². The van der Waals surface area contributed by atoms with E-state index in [1.54, 1.807) is 0 Å². The fourth-order valence-electron chi connectivity index (χ4n) is 2.36. The highest BCUT2D eigenvalue weighted by Gasteiger charge is 2.17. The van der Waals surface area contributed by atoms with E-state index in [2.05, 4.69) is 36.7 Å². The molecule has 1 heterocycles. The van der Waals surface area contributed by atoms with Crippen molar-refractivity contribution >= 4 is 5.69 Å². The zero-order chi connectivity index (χ0) is 14.4. The summed E-state index contributed by atoms with van der Waals surface area (Å²) >= 11 is 0. The minimum Gasteiger partial charge on any atom is -0.368 e. The Morgan fingerprint density at radius 2 is 2.00 bits per heavy atom. The van der Waals surface area contributed by atoms with Crippen molar-refractivity contribution in [3.05, 3.63) is 23.0 Å². The largest absolute Gasteiger partial charge is 0.368 e. The summed E-state index contributed by atoms with van der Waals surface area (Å²) in [6, 6.07) is 4.75. The minimum atomic E-state index is 0.394. The third kappa shape index (κ3) is 3.96. The molecule has 3 heteroatoms. The first-order valence-electron chi connectivity index (χ1n) is 7.16. The molecular formula is C16H25N3. The second kappa shape index (κ2) is 7.13. The van der Waals surface area contributed by atoms with Crippen LogP contribution in [0.5, 0.6) is 0 Å². The number of hydrogen-bond acceptors (Lipinski definition) is 3. The molecular weight excluding hydrogens is 234 g/mol. The predicted molar refractivity (Wildman–Crippen MR) is 80.4 cm³/mol. The van der Waals surface area contributed by atoms with Crippen LogP contribution in [0.1, 0.15) is 57.0 Å². The number of aryl methyl sites for hydroxylation is 2. The highest BCUT2D eigenvalue weighted by atomic mass is 15.2. The van der Waals surface area contributed by atoms with E-state index in [0.717, 1.165) is 29.2 Å². The summed E-state index contributed by atoms with van der Waals surface area (Å²) in [4.78, 5) is 6.72. The van der Waals surface area contributed by atoms with Crippen LogP contribution in [0.2, 0.25) is 0 Å². The first-order chi connectivity index (χ1) is 9.01. The molecule has 19 heavy (non-hydrogen) atoms. The minimum absolute atomic E-state index is 0.394. The molecule has 3 nitrogen and oxygen atoms in total. The van der Waals surface area contributed by atoms with E-state index in [1.807, 2.05) is 19.9 Å². The molecule has 0 fully saturated rings. The predicted octanol–water partition coefficient (Wildman–Crippen LogP) is 3.98. The zero-order valence-corrected chi connectivity index (χ0v) is 12.8. The molecule has 1 aromatic heterocycles. The number of unbranched alkanes of at least 4 members (excludes halogenated alkanes) is 2. The van der Waals surface area contributed by atoms with E-state index in [9.17, 15) is 5.26 Å². The molecule has 0 spiro atoms. The van der Waals surface area contributed by atoms with Crippen LogP contribution in [-0.2, 0) is 0 Å². The highest BCUT2D eigenvalue weighted by Crippen LogP contribution is 2.25. The van der Waals surface area contributed by atoms with Crippen molar-refractivity contribution in [2.75, 3.05) is 11.4 Å². The van der Waals surface area contributed by atoms with Crippen LogP contribution in [0.4, 0.5) is 5.69 Å². The van der Waals surface area contributed by atoms with Gasteiger partial charge in [0.25, 0.3) is 0 Å². The maximum absolute atomic E-state index is 9.38. The Morgan fingerprint density at radius 1 is 1.32 bits per heavy atom. The van der Waals surface area contributed by atoms with Crippen LogP contribution in [0.25, 0.3) is 0 Å². The van der Waals surface area contributed by atoms with Gasteiger partial charge in [0, 0.05) is 18.3 Å². The lowest BCUT2D eigenvalue weighted by Gasteiger charge is -2.30. The smallest absolute Gasteiger partial charge is 0.103 e. The summed E-state index contributed by atoms with van der Waals surface area (Å²) in [6.07, 6.45) is 3.61. The lowest BCUT2D eigenvalue weighted by atomic mass is 10.1. The number of aromatic nitrogens is 1. The zero-order valence-electron chi connectivity index (χ0n) is 12.8. The van der Waals surface area contributed by atoms with Gasteiger partial charge in [-0.1, -0.05) is 19.8 Å². The third-order valence-corrected chi connectivity index (χ3v) is 3.35. The van der Waals surface area contributed by atoms with Crippen LogP contribution in [-0.4, -0.2) is 17.6 Å². The Hall–Kier alpha value is -1.56. The Morgan fingerprint density at radius 3 is 2.53 bits per heavy atom. The molecule has 1 rings (SSSR count). The molecule has 0 saturated heterocycles. The molecule has 0 bridgehead atoms. The van der Waals surface area contributed by atoms with Gasteiger partial charge in [0.1, 0.15) is 6.07 Å². The number of pyridine rings is 1. The van der Waals surface area contributed by atoms with Gasteiger partial charge in [-0.15, -0.1) is 0 Å². The first-order valence-corrected chi connectivity index (χ1v) is 7.16. The summed E-state index contributed by atoms with van der Waals surface area (Å²) in [6.45, 7) is 11.5. The van der Waals surface area contributed by atoms with E-state index in [-0.39, 0.29) is 0 Å². The molecule has 0 N–H and O–H groups in total. The molecule has 0 saturated carbocycles. The number of hydrogen-bond donors (Lipinski definition) is 0. The quantitative estimate of drug-likeness (QED) is 0.726. The van der Waals surface area contributed by atoms with Gasteiger partial charge in [0.05, 0.1) is 16.9 Å². The third-order valence-electron chi connectivity index (χ3n) is 3.35. The molecule has 0 radical (unpaired) electrons. The molecule has 0 aliphatic carbocycles. The van der Waals surface area contributed by atoms with Gasteiger partial charge in [-0.2, -0.15) is 5.26 Å². The molecule has 0 unspecified atom stereocenters. The van der Waals surface area contributed by atoms with E-state index in [0.29, 0.717) is 6.04 Å². The van der Waals surface area contributed by atoms with Crippen molar-refractivity contribution in [2.45, 2.75) is 59.9 Å². The lowest BCUT2D eigenvalue weighted by Crippen LogP contribution is -2.32. The number of nitriles is 1. The molecule has 0 aromatic carbocycles. The van der Waals surface area contributed by atoms with E-state index < -0.39 is 0 Å². The molecule has 0 aliphatic heterocycles. The van der Waals surface area contributed by atoms with Crippen LogP contribution in [0, 0.1) is 25.2 Å². The van der Waals surface area contributed by atoms with Crippen LogP contribution >= 0.6 is 0 Å². The Bertz CT molecular complexity index is 458. The second-order valence-electron chi connectivity index (χ2n) is 5.35. The average molecular weight is 259 g/mol. The Balaban J connectivity index is 3.11. The van der Waals surface area contributed by atoms with Crippen LogP contribution in [0.15, 0.2) is 6.07 Å². The number of rotatable bonds is 6. The van der Waals surface area contributed by atoms with Crippen molar-refractivity contribution < 1.29 is 0 Å². The van der Waals surface area contributed by atoms with Gasteiger partial charge in [-0.3, -0.25) is 4.98 Å². The van der Waals surface area contributed by atoms with Crippen LogP contribution < -0.4 is 4.90 Å². The van der Waals surface area contributed by atoms with Gasteiger partial charge in [0.2, 0.25) is 0 Å². The highest BCUT2D eigenvalue weighted by molar-refractivity contribution is 5.62. The fraction of sp³-hybridized carbons (Fsp3) is 0.625. The summed E-state index contributed by atoms with van der Waals surface area (Å²) in [7, 11) is 0.